The van der Waals surface area contributed by atoms with Crippen molar-refractivity contribution >= 4 is 13.3 Å². The molecule has 6 atom stereocenters. The molecule has 0 saturated heterocycles. The average molecular weight is 367 g/mol. The number of fused-ring (bicyclic) bond motifs is 2. The zero-order valence-electron chi connectivity index (χ0n) is 16.8. The fourth-order valence-corrected chi connectivity index (χ4v) is 15.0. The predicted octanol–water partition coefficient (Wildman–Crippen LogP) is 6.91. The molecule has 4 saturated carbocycles. The van der Waals surface area contributed by atoms with Gasteiger partial charge in [-0.2, -0.15) is 0 Å². The van der Waals surface area contributed by atoms with Crippen molar-refractivity contribution in [1.82, 2.24) is 0 Å². The van der Waals surface area contributed by atoms with Gasteiger partial charge in [0.15, 0.2) is 0 Å². The van der Waals surface area contributed by atoms with Gasteiger partial charge in [0.1, 0.15) is 0 Å². The Morgan fingerprint density at radius 3 is 1.65 bits per heavy atom. The molecule has 0 bridgehead atoms. The summed E-state index contributed by atoms with van der Waals surface area (Å²) in [5.74, 6) is 4.35. The topological polar surface area (TPSA) is 0 Å². The molecule has 0 spiro atoms. The minimum absolute atomic E-state index is 1.08. The van der Waals surface area contributed by atoms with Gasteiger partial charge < -0.3 is 0 Å². The lowest BCUT2D eigenvalue weighted by atomic mass is 9.81. The van der Waals surface area contributed by atoms with Crippen LogP contribution in [0.15, 0.2) is 30.3 Å². The highest BCUT2D eigenvalue weighted by molar-refractivity contribution is 6.93. The van der Waals surface area contributed by atoms with Crippen LogP contribution in [0.2, 0.25) is 17.6 Å². The lowest BCUT2D eigenvalue weighted by Crippen LogP contribution is -2.55. The molecule has 4 aliphatic rings. The molecule has 1 aromatic rings. The van der Waals surface area contributed by atoms with E-state index in [9.17, 15) is 0 Å². The molecule has 6 unspecified atom stereocenters. The summed E-state index contributed by atoms with van der Waals surface area (Å²) in [7, 11) is -1.48. The molecule has 0 N–H and O–H groups in total. The first-order chi connectivity index (χ1) is 12.8. The van der Waals surface area contributed by atoms with Gasteiger partial charge in [-0.3, -0.25) is 0 Å². The standard InChI is InChI=1S/C25H38Si/c1-26(21-11-3-2-4-12-21,24-17-15-19-9-5-7-13-22(19)24)25-18-16-20-10-6-8-14-23(20)25/h2-4,11-12,19-20,22-25H,5-10,13-18H2,1H3. The van der Waals surface area contributed by atoms with Gasteiger partial charge in [0.25, 0.3) is 0 Å². The molecule has 4 fully saturated rings. The summed E-state index contributed by atoms with van der Waals surface area (Å²) in [6.45, 7) is 2.87. The highest BCUT2D eigenvalue weighted by atomic mass is 28.3. The van der Waals surface area contributed by atoms with Gasteiger partial charge in [-0.05, 0) is 34.8 Å². The molecule has 1 heteroatoms. The smallest absolute Gasteiger partial charge is 0.0648 e. The summed E-state index contributed by atoms with van der Waals surface area (Å²) >= 11 is 0. The van der Waals surface area contributed by atoms with Crippen LogP contribution >= 0.6 is 0 Å². The maximum Gasteiger partial charge on any atom is 0.0903 e. The first-order valence-corrected chi connectivity index (χ1v) is 14.5. The Morgan fingerprint density at radius 2 is 1.12 bits per heavy atom. The highest BCUT2D eigenvalue weighted by Crippen LogP contribution is 2.61. The van der Waals surface area contributed by atoms with Crippen LogP contribution < -0.4 is 5.19 Å². The Balaban J connectivity index is 1.54. The summed E-state index contributed by atoms with van der Waals surface area (Å²) < 4.78 is 0. The third-order valence-corrected chi connectivity index (χ3v) is 15.7. The Kier molecular flexibility index (Phi) is 4.80. The van der Waals surface area contributed by atoms with Gasteiger partial charge in [0, 0.05) is 0 Å². The normalized spacial score (nSPS) is 42.0. The largest absolute Gasteiger partial charge is 0.0903 e. The van der Waals surface area contributed by atoms with Crippen LogP contribution in [0.3, 0.4) is 0 Å². The van der Waals surface area contributed by atoms with Gasteiger partial charge in [-0.25, -0.2) is 0 Å². The average Bonchev–Trinajstić information content (AvgIpc) is 3.33. The van der Waals surface area contributed by atoms with Crippen LogP contribution in [0.4, 0.5) is 0 Å². The van der Waals surface area contributed by atoms with Crippen molar-refractivity contribution in [1.29, 1.82) is 0 Å². The molecule has 0 aromatic heterocycles. The predicted molar refractivity (Wildman–Crippen MR) is 115 cm³/mol. The van der Waals surface area contributed by atoms with E-state index in [0.29, 0.717) is 0 Å². The van der Waals surface area contributed by atoms with Gasteiger partial charge in [-0.15, -0.1) is 0 Å². The summed E-state index contributed by atoms with van der Waals surface area (Å²) in [5.41, 5.74) is 2.17. The molecule has 0 aliphatic heterocycles. The van der Waals surface area contributed by atoms with Crippen LogP contribution in [0.25, 0.3) is 0 Å². The third kappa shape index (κ3) is 2.76. The van der Waals surface area contributed by atoms with E-state index in [-0.39, 0.29) is 0 Å². The Morgan fingerprint density at radius 1 is 0.615 bits per heavy atom. The van der Waals surface area contributed by atoms with Crippen molar-refractivity contribution in [2.75, 3.05) is 0 Å². The van der Waals surface area contributed by atoms with E-state index in [4.69, 9.17) is 0 Å². The van der Waals surface area contributed by atoms with E-state index >= 15 is 0 Å². The summed E-state index contributed by atoms with van der Waals surface area (Å²) in [4.78, 5) is 0. The molecule has 0 nitrogen and oxygen atoms in total. The SMILES string of the molecule is C[Si](c1ccccc1)(C1CCC2CCCCC21)C1CCC2CCCCC21. The molecule has 5 rings (SSSR count). The van der Waals surface area contributed by atoms with Crippen LogP contribution in [0, 0.1) is 23.7 Å². The molecule has 4 aliphatic carbocycles. The van der Waals surface area contributed by atoms with E-state index in [1.54, 1.807) is 51.4 Å². The lowest BCUT2D eigenvalue weighted by Gasteiger charge is -2.47. The Bertz CT molecular complexity index is 576. The van der Waals surface area contributed by atoms with E-state index in [1.165, 1.54) is 25.7 Å². The number of hydrogen-bond donors (Lipinski definition) is 0. The van der Waals surface area contributed by atoms with Crippen molar-refractivity contribution in [3.05, 3.63) is 30.3 Å². The summed E-state index contributed by atoms with van der Waals surface area (Å²) in [5, 5.41) is 1.83. The molecule has 0 radical (unpaired) electrons. The molecule has 0 heterocycles. The number of rotatable bonds is 3. The molecule has 26 heavy (non-hydrogen) atoms. The Hall–Kier alpha value is -0.563. The fraction of sp³-hybridized carbons (Fsp3) is 0.760. The van der Waals surface area contributed by atoms with Crippen LogP contribution in [-0.4, -0.2) is 8.07 Å². The maximum atomic E-state index is 2.87. The minimum atomic E-state index is -1.48. The maximum absolute atomic E-state index is 2.87. The van der Waals surface area contributed by atoms with Crippen molar-refractivity contribution < 1.29 is 0 Å². The van der Waals surface area contributed by atoms with E-state index < -0.39 is 8.07 Å². The van der Waals surface area contributed by atoms with Crippen LogP contribution in [0.5, 0.6) is 0 Å². The Labute approximate surface area is 162 Å². The lowest BCUT2D eigenvalue weighted by molar-refractivity contribution is 0.264. The number of hydrogen-bond acceptors (Lipinski definition) is 0. The van der Waals surface area contributed by atoms with Gasteiger partial charge >= 0.3 is 0 Å². The second-order valence-corrected chi connectivity index (χ2v) is 15.1. The van der Waals surface area contributed by atoms with Gasteiger partial charge in [0.2, 0.25) is 0 Å². The molecule has 0 amide bonds. The zero-order valence-corrected chi connectivity index (χ0v) is 17.8. The highest BCUT2D eigenvalue weighted by Gasteiger charge is 2.56. The molecular weight excluding hydrogens is 328 g/mol. The van der Waals surface area contributed by atoms with Crippen molar-refractivity contribution in [2.45, 2.75) is 94.7 Å². The quantitative estimate of drug-likeness (QED) is 0.510. The van der Waals surface area contributed by atoms with Crippen molar-refractivity contribution in [3.63, 3.8) is 0 Å². The van der Waals surface area contributed by atoms with Gasteiger partial charge in [-0.1, -0.05) is 119 Å². The van der Waals surface area contributed by atoms with Gasteiger partial charge in [0.05, 0.1) is 8.07 Å². The molecular formula is C25H38Si. The fourth-order valence-electron chi connectivity index (χ4n) is 8.45. The van der Waals surface area contributed by atoms with E-state index in [1.807, 2.05) is 5.19 Å². The van der Waals surface area contributed by atoms with Crippen LogP contribution in [0.1, 0.15) is 77.0 Å². The first-order valence-electron chi connectivity index (χ1n) is 11.8. The first kappa shape index (κ1) is 17.5. The molecule has 1 aromatic carbocycles. The minimum Gasteiger partial charge on any atom is -0.0648 e. The summed E-state index contributed by atoms with van der Waals surface area (Å²) in [6.07, 6.45) is 18.6. The van der Waals surface area contributed by atoms with E-state index in [0.717, 1.165) is 34.8 Å². The monoisotopic (exact) mass is 366 g/mol. The van der Waals surface area contributed by atoms with E-state index in [2.05, 4.69) is 36.9 Å². The van der Waals surface area contributed by atoms with Crippen molar-refractivity contribution in [2.24, 2.45) is 23.7 Å². The molecule has 142 valence electrons. The van der Waals surface area contributed by atoms with Crippen molar-refractivity contribution in [3.8, 4) is 0 Å². The zero-order chi connectivity index (χ0) is 17.6. The second-order valence-electron chi connectivity index (χ2n) is 10.4. The second kappa shape index (κ2) is 7.11. The third-order valence-electron chi connectivity index (χ3n) is 9.60. The van der Waals surface area contributed by atoms with Crippen LogP contribution in [-0.2, 0) is 0 Å². The number of benzene rings is 1. The summed E-state index contributed by atoms with van der Waals surface area (Å²) in [6, 6.07) is 12.0.